The number of amides is 1. The van der Waals surface area contributed by atoms with E-state index in [1.807, 2.05) is 0 Å². The van der Waals surface area contributed by atoms with E-state index in [1.54, 1.807) is 12.1 Å². The first-order valence-corrected chi connectivity index (χ1v) is 10.1. The number of fused-ring (bicyclic) bond motifs is 3. The fourth-order valence-electron chi connectivity index (χ4n) is 4.00. The van der Waals surface area contributed by atoms with Crippen molar-refractivity contribution < 1.29 is 13.2 Å². The number of hydrogen-bond acceptors (Lipinski definition) is 4. The number of nitrogens with one attached hydrogen (secondary N) is 1. The van der Waals surface area contributed by atoms with Crippen LogP contribution in [0.3, 0.4) is 0 Å². The number of hydrogen-bond donors (Lipinski definition) is 1. The maximum absolute atomic E-state index is 13.3. The number of nitrogens with zero attached hydrogens (tertiary/aromatic N) is 1. The van der Waals surface area contributed by atoms with Crippen LogP contribution in [0.1, 0.15) is 50.6 Å². The predicted octanol–water partition coefficient (Wildman–Crippen LogP) is 3.04. The van der Waals surface area contributed by atoms with E-state index in [0.717, 1.165) is 25.7 Å². The molecule has 2 fully saturated rings. The van der Waals surface area contributed by atoms with Crippen LogP contribution >= 0.6 is 11.6 Å². The van der Waals surface area contributed by atoms with Gasteiger partial charge in [0.15, 0.2) is 9.84 Å². The molecule has 2 aliphatic carbocycles. The first-order valence-electron chi connectivity index (χ1n) is 8.15. The van der Waals surface area contributed by atoms with Crippen LogP contribution in [0.15, 0.2) is 12.1 Å². The Balaban J connectivity index is 1.80. The van der Waals surface area contributed by atoms with Gasteiger partial charge in [0.2, 0.25) is 5.91 Å². The van der Waals surface area contributed by atoms with E-state index >= 15 is 0 Å². The van der Waals surface area contributed by atoms with Crippen molar-refractivity contribution in [1.29, 1.82) is 0 Å². The maximum atomic E-state index is 13.3. The number of sulfone groups is 1. The second-order valence-electron chi connectivity index (χ2n) is 6.93. The van der Waals surface area contributed by atoms with Gasteiger partial charge >= 0.3 is 0 Å². The third-order valence-corrected chi connectivity index (χ3v) is 8.62. The molecule has 2 bridgehead atoms. The number of carbonyl (C=O) groups is 1. The Labute approximate surface area is 140 Å². The molecule has 1 amide bonds. The van der Waals surface area contributed by atoms with Crippen molar-refractivity contribution in [2.75, 3.05) is 5.32 Å². The smallest absolute Gasteiger partial charge is 0.243 e. The topological polar surface area (TPSA) is 76.1 Å². The molecule has 2 heterocycles. The number of pyridine rings is 1. The molecular formula is C16H19ClN2O3S. The van der Waals surface area contributed by atoms with Gasteiger partial charge in [-0.15, -0.1) is 0 Å². The number of anilines is 1. The van der Waals surface area contributed by atoms with Gasteiger partial charge < -0.3 is 5.32 Å². The van der Waals surface area contributed by atoms with Crippen LogP contribution in [-0.4, -0.2) is 24.6 Å². The highest BCUT2D eigenvalue weighted by molar-refractivity contribution is 7.94. The lowest BCUT2D eigenvalue weighted by molar-refractivity contribution is -0.116. The highest BCUT2D eigenvalue weighted by Gasteiger charge is 2.62. The summed E-state index contributed by atoms with van der Waals surface area (Å²) in [6.45, 7) is 0. The van der Waals surface area contributed by atoms with Crippen molar-refractivity contribution in [2.24, 2.45) is 5.92 Å². The molecule has 5 nitrogen and oxygen atoms in total. The van der Waals surface area contributed by atoms with Gasteiger partial charge in [0.25, 0.3) is 0 Å². The normalized spacial score (nSPS) is 28.2. The van der Waals surface area contributed by atoms with E-state index < -0.39 is 25.7 Å². The van der Waals surface area contributed by atoms with Gasteiger partial charge in [-0.1, -0.05) is 37.3 Å². The van der Waals surface area contributed by atoms with Crippen molar-refractivity contribution in [1.82, 2.24) is 4.98 Å². The summed E-state index contributed by atoms with van der Waals surface area (Å²) in [6.07, 6.45) is 5.68. The monoisotopic (exact) mass is 354 g/mol. The summed E-state index contributed by atoms with van der Waals surface area (Å²) in [6, 6.07) is 3.25. The van der Waals surface area contributed by atoms with Gasteiger partial charge in [-0.3, -0.25) is 4.79 Å². The third-order valence-electron chi connectivity index (χ3n) is 5.47. The summed E-state index contributed by atoms with van der Waals surface area (Å²) < 4.78 is 25.5. The molecular weight excluding hydrogens is 336 g/mol. The summed E-state index contributed by atoms with van der Waals surface area (Å²) in [5.41, 5.74) is 0.410. The Bertz CT molecular complexity index is 768. The van der Waals surface area contributed by atoms with Gasteiger partial charge in [0, 0.05) is 0 Å². The standard InChI is InChI=1S/C16H19ClN2O3S/c17-11-5-6-13-18-14(11)16(7-8-16)23(21,22)12(15(20)19-13)9-10-3-1-2-4-10/h5-6,10,12H,1-4,7-9H2,(H,18,19,20). The molecule has 1 N–H and O–H groups in total. The minimum atomic E-state index is -3.67. The molecule has 1 unspecified atom stereocenters. The van der Waals surface area contributed by atoms with Gasteiger partial charge in [0.05, 0.1) is 10.7 Å². The van der Waals surface area contributed by atoms with Gasteiger partial charge in [-0.05, 0) is 37.3 Å². The maximum Gasteiger partial charge on any atom is 0.243 e. The molecule has 1 aromatic heterocycles. The molecule has 1 atom stereocenters. The molecule has 1 aliphatic heterocycles. The fourth-order valence-corrected chi connectivity index (χ4v) is 6.85. The van der Waals surface area contributed by atoms with Crippen LogP contribution in [0.5, 0.6) is 0 Å². The summed E-state index contributed by atoms with van der Waals surface area (Å²) in [7, 11) is -3.67. The Hall–Kier alpha value is -1.14. The molecule has 4 rings (SSSR count). The van der Waals surface area contributed by atoms with Crippen LogP contribution in [0.25, 0.3) is 0 Å². The van der Waals surface area contributed by atoms with E-state index in [1.165, 1.54) is 0 Å². The minimum Gasteiger partial charge on any atom is -0.310 e. The zero-order valence-electron chi connectivity index (χ0n) is 12.7. The molecule has 0 aromatic carbocycles. The van der Waals surface area contributed by atoms with Crippen molar-refractivity contribution in [3.63, 3.8) is 0 Å². The number of rotatable bonds is 2. The summed E-state index contributed by atoms with van der Waals surface area (Å²) >= 11 is 6.22. The van der Waals surface area contributed by atoms with Crippen LogP contribution in [0, 0.1) is 5.92 Å². The fraction of sp³-hybridized carbons (Fsp3) is 0.625. The molecule has 23 heavy (non-hydrogen) atoms. The summed E-state index contributed by atoms with van der Waals surface area (Å²) in [5.74, 6) is 0.271. The van der Waals surface area contributed by atoms with E-state index in [9.17, 15) is 13.2 Å². The van der Waals surface area contributed by atoms with Crippen LogP contribution in [0.4, 0.5) is 5.82 Å². The van der Waals surface area contributed by atoms with E-state index in [4.69, 9.17) is 11.6 Å². The Kier molecular flexibility index (Phi) is 3.47. The molecule has 0 saturated heterocycles. The average molecular weight is 355 g/mol. The molecule has 2 saturated carbocycles. The first-order chi connectivity index (χ1) is 10.9. The van der Waals surface area contributed by atoms with Gasteiger partial charge in [0.1, 0.15) is 15.8 Å². The van der Waals surface area contributed by atoms with Crippen molar-refractivity contribution in [2.45, 2.75) is 54.9 Å². The van der Waals surface area contributed by atoms with Crippen LogP contribution in [-0.2, 0) is 19.4 Å². The SMILES string of the molecule is O=C1Nc2ccc(Cl)c(n2)C2(CC2)S(=O)(=O)C1CC1CCCC1. The highest BCUT2D eigenvalue weighted by atomic mass is 35.5. The Morgan fingerprint density at radius 2 is 1.96 bits per heavy atom. The first kappa shape index (κ1) is 15.4. The zero-order chi connectivity index (χ0) is 16.2. The number of halogens is 1. The zero-order valence-corrected chi connectivity index (χ0v) is 14.3. The Morgan fingerprint density at radius 1 is 1.26 bits per heavy atom. The van der Waals surface area contributed by atoms with Gasteiger partial charge in [-0.25, -0.2) is 13.4 Å². The molecule has 7 heteroatoms. The third kappa shape index (κ3) is 2.30. The second-order valence-corrected chi connectivity index (χ2v) is 9.78. The van der Waals surface area contributed by atoms with Crippen molar-refractivity contribution in [3.8, 4) is 0 Å². The van der Waals surface area contributed by atoms with Crippen molar-refractivity contribution in [3.05, 3.63) is 22.8 Å². The summed E-state index contributed by atoms with van der Waals surface area (Å²) in [4.78, 5) is 16.9. The largest absolute Gasteiger partial charge is 0.310 e. The summed E-state index contributed by atoms with van der Waals surface area (Å²) in [5, 5.41) is 2.04. The quantitative estimate of drug-likeness (QED) is 0.885. The lowest BCUT2D eigenvalue weighted by Crippen LogP contribution is -2.44. The van der Waals surface area contributed by atoms with Crippen LogP contribution < -0.4 is 5.32 Å². The van der Waals surface area contributed by atoms with Crippen molar-refractivity contribution >= 4 is 33.2 Å². The molecule has 1 spiro atoms. The Morgan fingerprint density at radius 3 is 2.61 bits per heavy atom. The predicted molar refractivity (Wildman–Crippen MR) is 88.1 cm³/mol. The molecule has 1 aromatic rings. The number of carbonyl (C=O) groups excluding carboxylic acids is 1. The second kappa shape index (κ2) is 5.18. The molecule has 3 aliphatic rings. The lowest BCUT2D eigenvalue weighted by atomic mass is 10.0. The highest BCUT2D eigenvalue weighted by Crippen LogP contribution is 2.56. The van der Waals surface area contributed by atoms with E-state index in [-0.39, 0.29) is 0 Å². The lowest BCUT2D eigenvalue weighted by Gasteiger charge is -2.28. The average Bonchev–Trinajstić information content (AvgIpc) is 3.16. The minimum absolute atomic E-state index is 0.317. The van der Waals surface area contributed by atoms with Crippen LogP contribution in [0.2, 0.25) is 5.02 Å². The number of aromatic nitrogens is 1. The van der Waals surface area contributed by atoms with E-state index in [2.05, 4.69) is 10.3 Å². The molecule has 124 valence electrons. The molecule has 0 radical (unpaired) electrons. The van der Waals surface area contributed by atoms with E-state index in [0.29, 0.717) is 41.7 Å². The van der Waals surface area contributed by atoms with Gasteiger partial charge in [-0.2, -0.15) is 0 Å².